The van der Waals surface area contributed by atoms with Gasteiger partial charge in [-0.3, -0.25) is 29.4 Å². The molecule has 0 saturated carbocycles. The summed E-state index contributed by atoms with van der Waals surface area (Å²) in [5.41, 5.74) is 8.08. The molecule has 0 radical (unpaired) electrons. The summed E-state index contributed by atoms with van der Waals surface area (Å²) >= 11 is 0. The topological polar surface area (TPSA) is 148 Å². The molecule has 0 aliphatic carbocycles. The van der Waals surface area contributed by atoms with E-state index in [4.69, 9.17) is 5.73 Å². The van der Waals surface area contributed by atoms with Crippen molar-refractivity contribution >= 4 is 34.8 Å². The Kier molecular flexibility index (Phi) is 7.78. The molecule has 0 spiro atoms. The molecule has 1 atom stereocenters. The van der Waals surface area contributed by atoms with Crippen LogP contribution in [-0.4, -0.2) is 35.7 Å². The Balaban J connectivity index is 1.80. The summed E-state index contributed by atoms with van der Waals surface area (Å²) in [6.45, 7) is 6.56. The van der Waals surface area contributed by atoms with Crippen LogP contribution in [0.2, 0.25) is 0 Å². The molecule has 0 aromatic heterocycles. The summed E-state index contributed by atoms with van der Waals surface area (Å²) in [4.78, 5) is 52.3. The standard InChI is InChI=1S/C29H31N5O5/c1-18-7-9-19(10-8-18)25-15-26(35)32-23-14-20(27(36)31-17-29(2,3)16-30)11-12-24(23)33(25)28(37)21-5-4-6-22(13-21)34(38)39/h4-14,25H,15-17,30H2,1-3H3,(H,31,36)(H,32,35). The van der Waals surface area contributed by atoms with Gasteiger partial charge in [0.1, 0.15) is 0 Å². The van der Waals surface area contributed by atoms with Gasteiger partial charge in [0.15, 0.2) is 0 Å². The number of benzene rings is 3. The number of nitrogens with zero attached hydrogens (tertiary/aromatic N) is 2. The Labute approximate surface area is 226 Å². The maximum atomic E-state index is 14.0. The zero-order valence-corrected chi connectivity index (χ0v) is 22.1. The summed E-state index contributed by atoms with van der Waals surface area (Å²) in [5.74, 6) is -1.19. The largest absolute Gasteiger partial charge is 0.351 e. The zero-order chi connectivity index (χ0) is 28.3. The lowest BCUT2D eigenvalue weighted by atomic mass is 9.94. The van der Waals surface area contributed by atoms with E-state index >= 15 is 0 Å². The number of fused-ring (bicyclic) bond motifs is 1. The van der Waals surface area contributed by atoms with Crippen molar-refractivity contribution in [2.75, 3.05) is 23.3 Å². The molecule has 0 saturated heterocycles. The van der Waals surface area contributed by atoms with Gasteiger partial charge in [-0.15, -0.1) is 0 Å². The minimum atomic E-state index is -0.691. The van der Waals surface area contributed by atoms with Crippen LogP contribution in [0.1, 0.15) is 58.2 Å². The van der Waals surface area contributed by atoms with Crippen molar-refractivity contribution < 1.29 is 19.3 Å². The lowest BCUT2D eigenvalue weighted by Gasteiger charge is -2.31. The van der Waals surface area contributed by atoms with Crippen LogP contribution in [0.15, 0.2) is 66.7 Å². The van der Waals surface area contributed by atoms with Crippen molar-refractivity contribution in [3.8, 4) is 0 Å². The third kappa shape index (κ3) is 6.12. The maximum Gasteiger partial charge on any atom is 0.270 e. The molecule has 1 unspecified atom stereocenters. The van der Waals surface area contributed by atoms with E-state index in [1.807, 2.05) is 45.0 Å². The highest BCUT2D eigenvalue weighted by molar-refractivity contribution is 6.12. The highest BCUT2D eigenvalue weighted by Crippen LogP contribution is 2.40. The van der Waals surface area contributed by atoms with Crippen LogP contribution < -0.4 is 21.3 Å². The van der Waals surface area contributed by atoms with Gasteiger partial charge in [0.25, 0.3) is 17.5 Å². The van der Waals surface area contributed by atoms with Gasteiger partial charge in [-0.25, -0.2) is 0 Å². The van der Waals surface area contributed by atoms with Crippen LogP contribution in [0, 0.1) is 22.5 Å². The minimum absolute atomic E-state index is 0.0510. The monoisotopic (exact) mass is 529 g/mol. The Hall–Kier alpha value is -4.57. The molecule has 0 fully saturated rings. The number of rotatable bonds is 7. The number of carbonyl (C=O) groups excluding carboxylic acids is 3. The number of carbonyl (C=O) groups is 3. The minimum Gasteiger partial charge on any atom is -0.351 e. The van der Waals surface area contributed by atoms with Gasteiger partial charge < -0.3 is 16.4 Å². The van der Waals surface area contributed by atoms with Crippen LogP contribution in [0.25, 0.3) is 0 Å². The van der Waals surface area contributed by atoms with Crippen molar-refractivity contribution in [3.05, 3.63) is 99.1 Å². The molecule has 1 heterocycles. The molecule has 1 aliphatic rings. The number of nitrogens with two attached hydrogens (primary N) is 1. The van der Waals surface area contributed by atoms with Crippen molar-refractivity contribution in [2.45, 2.75) is 33.2 Å². The molecule has 4 N–H and O–H groups in total. The lowest BCUT2D eigenvalue weighted by molar-refractivity contribution is -0.384. The van der Waals surface area contributed by atoms with Gasteiger partial charge in [0.05, 0.1) is 28.8 Å². The van der Waals surface area contributed by atoms with E-state index in [0.717, 1.165) is 11.1 Å². The Bertz CT molecular complexity index is 1430. The number of nitrogens with one attached hydrogen (secondary N) is 2. The van der Waals surface area contributed by atoms with E-state index in [1.165, 1.54) is 35.2 Å². The number of hydrogen-bond donors (Lipinski definition) is 3. The number of anilines is 2. The summed E-state index contributed by atoms with van der Waals surface area (Å²) in [6.07, 6.45) is -0.0510. The molecule has 39 heavy (non-hydrogen) atoms. The zero-order valence-electron chi connectivity index (χ0n) is 22.1. The van der Waals surface area contributed by atoms with Crippen LogP contribution in [0.3, 0.4) is 0 Å². The highest BCUT2D eigenvalue weighted by atomic mass is 16.6. The quantitative estimate of drug-likeness (QED) is 0.306. The summed E-state index contributed by atoms with van der Waals surface area (Å²) in [5, 5.41) is 17.1. The highest BCUT2D eigenvalue weighted by Gasteiger charge is 2.35. The van der Waals surface area contributed by atoms with E-state index in [-0.39, 0.29) is 34.9 Å². The molecule has 3 aromatic carbocycles. The number of non-ortho nitro benzene ring substituents is 1. The van der Waals surface area contributed by atoms with E-state index in [9.17, 15) is 24.5 Å². The maximum absolute atomic E-state index is 14.0. The molecule has 1 aliphatic heterocycles. The molecule has 0 bridgehead atoms. The number of aryl methyl sites for hydroxylation is 1. The van der Waals surface area contributed by atoms with Crippen LogP contribution in [-0.2, 0) is 4.79 Å². The van der Waals surface area contributed by atoms with Crippen molar-refractivity contribution in [1.29, 1.82) is 0 Å². The van der Waals surface area contributed by atoms with Crippen LogP contribution >= 0.6 is 0 Å². The molecule has 4 rings (SSSR count). The lowest BCUT2D eigenvalue weighted by Crippen LogP contribution is -2.38. The SMILES string of the molecule is Cc1ccc(C2CC(=O)Nc3cc(C(=O)NCC(C)(C)CN)ccc3N2C(=O)c2cccc([N+](=O)[O-])c2)cc1. The van der Waals surface area contributed by atoms with Crippen LogP contribution in [0.5, 0.6) is 0 Å². The third-order valence-corrected chi connectivity index (χ3v) is 6.75. The van der Waals surface area contributed by atoms with Gasteiger partial charge in [0.2, 0.25) is 5.91 Å². The van der Waals surface area contributed by atoms with E-state index < -0.39 is 16.9 Å². The summed E-state index contributed by atoms with van der Waals surface area (Å²) in [7, 11) is 0. The fourth-order valence-corrected chi connectivity index (χ4v) is 4.32. The third-order valence-electron chi connectivity index (χ3n) is 6.75. The number of nitro groups is 1. The molecule has 10 heteroatoms. The molecular weight excluding hydrogens is 498 g/mol. The molecule has 10 nitrogen and oxygen atoms in total. The molecule has 3 amide bonds. The van der Waals surface area contributed by atoms with Gasteiger partial charge in [0, 0.05) is 29.8 Å². The predicted molar refractivity (Wildman–Crippen MR) is 149 cm³/mol. The van der Waals surface area contributed by atoms with Crippen LogP contribution in [0.4, 0.5) is 17.1 Å². The number of hydrogen-bond acceptors (Lipinski definition) is 6. The predicted octanol–water partition coefficient (Wildman–Crippen LogP) is 4.35. The van der Waals surface area contributed by atoms with Crippen molar-refractivity contribution in [1.82, 2.24) is 5.32 Å². The second-order valence-electron chi connectivity index (χ2n) is 10.4. The van der Waals surface area contributed by atoms with Crippen molar-refractivity contribution in [3.63, 3.8) is 0 Å². The Morgan fingerprint density at radius 1 is 1.10 bits per heavy atom. The Morgan fingerprint density at radius 3 is 2.49 bits per heavy atom. The first-order chi connectivity index (χ1) is 18.5. The average Bonchev–Trinajstić information content (AvgIpc) is 3.07. The fourth-order valence-electron chi connectivity index (χ4n) is 4.32. The normalized spacial score (nSPS) is 15.1. The smallest absolute Gasteiger partial charge is 0.270 e. The molecule has 3 aromatic rings. The van der Waals surface area contributed by atoms with Gasteiger partial charge in [-0.05, 0) is 48.7 Å². The average molecular weight is 530 g/mol. The van der Waals surface area contributed by atoms with E-state index in [0.29, 0.717) is 30.0 Å². The van der Waals surface area contributed by atoms with Gasteiger partial charge in [-0.1, -0.05) is 49.7 Å². The first-order valence-corrected chi connectivity index (χ1v) is 12.6. The van der Waals surface area contributed by atoms with Gasteiger partial charge >= 0.3 is 0 Å². The number of amides is 3. The van der Waals surface area contributed by atoms with E-state index in [1.54, 1.807) is 12.1 Å². The Morgan fingerprint density at radius 2 is 1.82 bits per heavy atom. The second-order valence-corrected chi connectivity index (χ2v) is 10.4. The molecule has 202 valence electrons. The van der Waals surface area contributed by atoms with Gasteiger partial charge in [-0.2, -0.15) is 0 Å². The first kappa shape index (κ1) is 27.5. The summed E-state index contributed by atoms with van der Waals surface area (Å²) < 4.78 is 0. The van der Waals surface area contributed by atoms with E-state index in [2.05, 4.69) is 10.6 Å². The fraction of sp³-hybridized carbons (Fsp3) is 0.276. The first-order valence-electron chi connectivity index (χ1n) is 12.6. The van der Waals surface area contributed by atoms with Crippen molar-refractivity contribution in [2.24, 2.45) is 11.1 Å². The number of nitro benzene ring substituents is 1. The summed E-state index contributed by atoms with van der Waals surface area (Å²) in [6, 6.07) is 17.0. The second kappa shape index (κ2) is 11.0. The molecular formula is C29H31N5O5.